The fraction of sp³-hybridized carbons (Fsp3) is 0. The molecule has 1 aromatic heterocycles. The fourth-order valence-electron chi connectivity index (χ4n) is 2.20. The Bertz CT molecular complexity index is 877. The molecule has 0 unspecified atom stereocenters. The van der Waals surface area contributed by atoms with Crippen molar-refractivity contribution in [2.75, 3.05) is 4.90 Å². The SMILES string of the molecule is O=CN(c1ccc(Cl)cc1[N+](=O)[O-])c1n[nH]c2ccccc12. The molecule has 1 heterocycles. The number of rotatable bonds is 4. The topological polar surface area (TPSA) is 92.1 Å². The van der Waals surface area contributed by atoms with E-state index in [9.17, 15) is 14.9 Å². The Balaban J connectivity index is 2.20. The molecule has 2 aromatic carbocycles. The van der Waals surface area contributed by atoms with Crippen LogP contribution in [0, 0.1) is 10.1 Å². The highest BCUT2D eigenvalue weighted by Gasteiger charge is 2.23. The number of H-pyrrole nitrogens is 1. The third-order valence-corrected chi connectivity index (χ3v) is 3.41. The van der Waals surface area contributed by atoms with Crippen molar-refractivity contribution in [3.05, 3.63) is 57.6 Å². The number of benzene rings is 2. The Morgan fingerprint density at radius 3 is 2.77 bits per heavy atom. The lowest BCUT2D eigenvalue weighted by atomic mass is 10.2. The molecule has 1 amide bonds. The molecule has 0 aliphatic heterocycles. The van der Waals surface area contributed by atoms with Crippen LogP contribution in [0.25, 0.3) is 10.9 Å². The van der Waals surface area contributed by atoms with Crippen LogP contribution < -0.4 is 4.90 Å². The summed E-state index contributed by atoms with van der Waals surface area (Å²) in [6.45, 7) is 0. The van der Waals surface area contributed by atoms with Crippen LogP contribution in [0.5, 0.6) is 0 Å². The normalized spacial score (nSPS) is 10.6. The number of para-hydroxylation sites is 1. The first-order valence-electron chi connectivity index (χ1n) is 6.23. The lowest BCUT2D eigenvalue weighted by Crippen LogP contribution is -2.16. The Labute approximate surface area is 129 Å². The maximum atomic E-state index is 11.5. The number of halogens is 1. The van der Waals surface area contributed by atoms with E-state index in [0.717, 1.165) is 10.4 Å². The van der Waals surface area contributed by atoms with Crippen LogP contribution >= 0.6 is 11.6 Å². The molecule has 0 saturated heterocycles. The first kappa shape index (κ1) is 14.0. The van der Waals surface area contributed by atoms with Crippen molar-refractivity contribution in [3.8, 4) is 0 Å². The molecule has 0 fully saturated rings. The van der Waals surface area contributed by atoms with Crippen LogP contribution in [0.3, 0.4) is 0 Å². The van der Waals surface area contributed by atoms with Crippen molar-refractivity contribution in [1.82, 2.24) is 10.2 Å². The van der Waals surface area contributed by atoms with E-state index in [4.69, 9.17) is 11.6 Å². The summed E-state index contributed by atoms with van der Waals surface area (Å²) in [5.74, 6) is 0.288. The van der Waals surface area contributed by atoms with Gasteiger partial charge in [-0.15, -0.1) is 0 Å². The number of carbonyl (C=O) groups excluding carboxylic acids is 1. The largest absolute Gasteiger partial charge is 0.294 e. The van der Waals surface area contributed by atoms with Gasteiger partial charge in [-0.1, -0.05) is 23.7 Å². The van der Waals surface area contributed by atoms with Crippen molar-refractivity contribution >= 4 is 46.1 Å². The van der Waals surface area contributed by atoms with E-state index < -0.39 is 4.92 Å². The van der Waals surface area contributed by atoms with Crippen LogP contribution in [-0.4, -0.2) is 21.5 Å². The zero-order chi connectivity index (χ0) is 15.7. The second kappa shape index (κ2) is 5.45. The number of nitro benzene ring substituents is 1. The van der Waals surface area contributed by atoms with Crippen molar-refractivity contribution in [3.63, 3.8) is 0 Å². The van der Waals surface area contributed by atoms with E-state index >= 15 is 0 Å². The van der Waals surface area contributed by atoms with Gasteiger partial charge in [0.15, 0.2) is 5.82 Å². The Kier molecular flexibility index (Phi) is 3.48. The second-order valence-corrected chi connectivity index (χ2v) is 4.89. The molecule has 1 N–H and O–H groups in total. The molecule has 110 valence electrons. The molecule has 0 radical (unpaired) electrons. The smallest absolute Gasteiger partial charge is 0.278 e. The van der Waals surface area contributed by atoms with Crippen LogP contribution in [0.2, 0.25) is 5.02 Å². The molecule has 0 bridgehead atoms. The molecule has 0 aliphatic carbocycles. The summed E-state index contributed by atoms with van der Waals surface area (Å²) in [6.07, 6.45) is 0.485. The van der Waals surface area contributed by atoms with Gasteiger partial charge in [-0.3, -0.25) is 24.9 Å². The maximum Gasteiger partial charge on any atom is 0.294 e. The zero-order valence-corrected chi connectivity index (χ0v) is 11.8. The summed E-state index contributed by atoms with van der Waals surface area (Å²) >= 11 is 5.80. The highest BCUT2D eigenvalue weighted by atomic mass is 35.5. The number of carbonyl (C=O) groups is 1. The van der Waals surface area contributed by atoms with E-state index in [1.165, 1.54) is 18.2 Å². The van der Waals surface area contributed by atoms with Gasteiger partial charge in [0.2, 0.25) is 6.41 Å². The molecule has 7 nitrogen and oxygen atoms in total. The summed E-state index contributed by atoms with van der Waals surface area (Å²) < 4.78 is 0. The Morgan fingerprint density at radius 1 is 1.27 bits per heavy atom. The van der Waals surface area contributed by atoms with Gasteiger partial charge in [0.25, 0.3) is 5.69 Å². The predicted molar refractivity (Wildman–Crippen MR) is 82.4 cm³/mol. The average Bonchev–Trinajstić information content (AvgIpc) is 2.93. The van der Waals surface area contributed by atoms with E-state index in [1.807, 2.05) is 6.07 Å². The predicted octanol–water partition coefficient (Wildman–Crippen LogP) is 3.42. The highest BCUT2D eigenvalue weighted by Crippen LogP contribution is 2.36. The van der Waals surface area contributed by atoms with Crippen molar-refractivity contribution in [1.29, 1.82) is 0 Å². The lowest BCUT2D eigenvalue weighted by Gasteiger charge is -2.15. The summed E-state index contributed by atoms with van der Waals surface area (Å²) in [4.78, 5) is 23.3. The first-order chi connectivity index (χ1) is 10.6. The summed E-state index contributed by atoms with van der Waals surface area (Å²) in [7, 11) is 0. The van der Waals surface area contributed by atoms with Gasteiger partial charge in [0.1, 0.15) is 5.69 Å². The number of fused-ring (bicyclic) bond motifs is 1. The van der Waals surface area contributed by atoms with Gasteiger partial charge in [-0.2, -0.15) is 5.10 Å². The first-order valence-corrected chi connectivity index (χ1v) is 6.61. The van der Waals surface area contributed by atoms with Gasteiger partial charge >= 0.3 is 0 Å². The van der Waals surface area contributed by atoms with Gasteiger partial charge in [0.05, 0.1) is 10.4 Å². The second-order valence-electron chi connectivity index (χ2n) is 4.46. The van der Waals surface area contributed by atoms with Crippen LogP contribution in [-0.2, 0) is 4.79 Å². The number of nitrogens with zero attached hydrogens (tertiary/aromatic N) is 3. The molecule has 3 rings (SSSR count). The molecule has 0 atom stereocenters. The van der Waals surface area contributed by atoms with Crippen LogP contribution in [0.4, 0.5) is 17.2 Å². The molecule has 0 aliphatic rings. The number of anilines is 2. The van der Waals surface area contributed by atoms with E-state index in [0.29, 0.717) is 11.8 Å². The van der Waals surface area contributed by atoms with Crippen LogP contribution in [0.15, 0.2) is 42.5 Å². The van der Waals surface area contributed by atoms with E-state index in [-0.39, 0.29) is 22.2 Å². The summed E-state index contributed by atoms with van der Waals surface area (Å²) in [6, 6.07) is 11.3. The number of amides is 1. The monoisotopic (exact) mass is 316 g/mol. The minimum Gasteiger partial charge on any atom is -0.278 e. The fourth-order valence-corrected chi connectivity index (χ4v) is 2.37. The minimum absolute atomic E-state index is 0.0988. The molecule has 22 heavy (non-hydrogen) atoms. The van der Waals surface area contributed by atoms with Crippen molar-refractivity contribution < 1.29 is 9.72 Å². The molecular weight excluding hydrogens is 308 g/mol. The number of hydrogen-bond donors (Lipinski definition) is 1. The number of aromatic amines is 1. The minimum atomic E-state index is -0.591. The zero-order valence-electron chi connectivity index (χ0n) is 11.1. The molecule has 0 saturated carbocycles. The summed E-state index contributed by atoms with van der Waals surface area (Å²) in [5.41, 5.74) is 0.550. The lowest BCUT2D eigenvalue weighted by molar-refractivity contribution is -0.384. The van der Waals surface area contributed by atoms with E-state index in [1.54, 1.807) is 18.2 Å². The van der Waals surface area contributed by atoms with Gasteiger partial charge < -0.3 is 0 Å². The number of aromatic nitrogens is 2. The Hall–Kier alpha value is -2.93. The van der Waals surface area contributed by atoms with Crippen LogP contribution in [0.1, 0.15) is 0 Å². The maximum absolute atomic E-state index is 11.5. The van der Waals surface area contributed by atoms with Gasteiger partial charge in [-0.25, -0.2) is 0 Å². The number of nitro groups is 1. The average molecular weight is 317 g/mol. The van der Waals surface area contributed by atoms with Crippen molar-refractivity contribution in [2.24, 2.45) is 0 Å². The molecular formula is C14H9ClN4O3. The standard InChI is InChI=1S/C14H9ClN4O3/c15-9-5-6-12(13(7-9)19(21)22)18(8-20)14-10-3-1-2-4-11(10)16-17-14/h1-8H,(H,16,17). The molecule has 8 heteroatoms. The molecule has 3 aromatic rings. The highest BCUT2D eigenvalue weighted by molar-refractivity contribution is 6.31. The van der Waals surface area contributed by atoms with Gasteiger partial charge in [0, 0.05) is 16.5 Å². The molecule has 0 spiro atoms. The quantitative estimate of drug-likeness (QED) is 0.453. The third kappa shape index (κ3) is 2.27. The van der Waals surface area contributed by atoms with Gasteiger partial charge in [-0.05, 0) is 24.3 Å². The third-order valence-electron chi connectivity index (χ3n) is 3.18. The van der Waals surface area contributed by atoms with E-state index in [2.05, 4.69) is 10.2 Å². The summed E-state index contributed by atoms with van der Waals surface area (Å²) in [5, 5.41) is 19.0. The van der Waals surface area contributed by atoms with Crippen molar-refractivity contribution in [2.45, 2.75) is 0 Å². The Morgan fingerprint density at radius 2 is 2.05 bits per heavy atom. The number of hydrogen-bond acceptors (Lipinski definition) is 4. The number of nitrogens with one attached hydrogen (secondary N) is 1.